The minimum absolute atomic E-state index is 0.540. The Bertz CT molecular complexity index is 521. The number of benzene rings is 1. The van der Waals surface area contributed by atoms with Gasteiger partial charge in [0.15, 0.2) is 0 Å². The molecule has 0 atom stereocenters. The first kappa shape index (κ1) is 13.4. The SMILES string of the molecule is Clc1cnc(CNc2c(Cl)cc(Br)cc2Cl)s1. The van der Waals surface area contributed by atoms with Gasteiger partial charge in [-0.2, -0.15) is 0 Å². The number of rotatable bonds is 3. The van der Waals surface area contributed by atoms with Crippen LogP contribution in [0.4, 0.5) is 5.69 Å². The van der Waals surface area contributed by atoms with E-state index in [1.54, 1.807) is 18.3 Å². The standard InChI is InChI=1S/C10H6BrCl3N2S/c11-5-1-6(12)10(7(13)2-5)16-4-9-15-3-8(14)17-9/h1-3,16H,4H2. The van der Waals surface area contributed by atoms with E-state index in [1.807, 2.05) is 0 Å². The summed E-state index contributed by atoms with van der Waals surface area (Å²) < 4.78 is 1.50. The maximum Gasteiger partial charge on any atom is 0.113 e. The summed E-state index contributed by atoms with van der Waals surface area (Å²) in [6.07, 6.45) is 1.62. The predicted molar refractivity (Wildman–Crippen MR) is 78.6 cm³/mol. The molecule has 7 heteroatoms. The zero-order valence-electron chi connectivity index (χ0n) is 8.31. The monoisotopic (exact) mass is 370 g/mol. The van der Waals surface area contributed by atoms with Crippen molar-refractivity contribution in [3.8, 4) is 0 Å². The molecule has 0 fully saturated rings. The Balaban J connectivity index is 2.14. The third kappa shape index (κ3) is 3.48. The third-order valence-corrected chi connectivity index (χ3v) is 4.12. The van der Waals surface area contributed by atoms with Gasteiger partial charge in [-0.1, -0.05) is 50.7 Å². The molecule has 0 aliphatic carbocycles. The van der Waals surface area contributed by atoms with Crippen molar-refractivity contribution in [1.82, 2.24) is 4.98 Å². The van der Waals surface area contributed by atoms with Gasteiger partial charge in [0, 0.05) is 4.47 Å². The molecule has 0 saturated carbocycles. The van der Waals surface area contributed by atoms with E-state index >= 15 is 0 Å². The highest BCUT2D eigenvalue weighted by atomic mass is 79.9. The van der Waals surface area contributed by atoms with Crippen LogP contribution in [-0.2, 0) is 6.54 Å². The molecule has 0 amide bonds. The van der Waals surface area contributed by atoms with Crippen molar-refractivity contribution < 1.29 is 0 Å². The largest absolute Gasteiger partial charge is 0.376 e. The van der Waals surface area contributed by atoms with Crippen molar-refractivity contribution in [3.63, 3.8) is 0 Å². The molecule has 0 bridgehead atoms. The second kappa shape index (κ2) is 5.76. The Morgan fingerprint density at radius 1 is 1.24 bits per heavy atom. The van der Waals surface area contributed by atoms with E-state index in [1.165, 1.54) is 11.3 Å². The normalized spacial score (nSPS) is 10.6. The van der Waals surface area contributed by atoms with Crippen LogP contribution in [0.2, 0.25) is 14.4 Å². The molecular formula is C10H6BrCl3N2S. The third-order valence-electron chi connectivity index (χ3n) is 1.95. The van der Waals surface area contributed by atoms with Crippen molar-refractivity contribution in [3.05, 3.63) is 42.2 Å². The fraction of sp³-hybridized carbons (Fsp3) is 0.100. The lowest BCUT2D eigenvalue weighted by atomic mass is 10.3. The van der Waals surface area contributed by atoms with Crippen LogP contribution in [0.15, 0.2) is 22.8 Å². The second-order valence-corrected chi connectivity index (χ2v) is 6.63. The number of nitrogens with one attached hydrogen (secondary N) is 1. The van der Waals surface area contributed by atoms with Gasteiger partial charge in [0.2, 0.25) is 0 Å². The van der Waals surface area contributed by atoms with Crippen LogP contribution in [-0.4, -0.2) is 4.98 Å². The van der Waals surface area contributed by atoms with Gasteiger partial charge in [0.25, 0.3) is 0 Å². The van der Waals surface area contributed by atoms with Crippen molar-refractivity contribution >= 4 is 67.8 Å². The summed E-state index contributed by atoms with van der Waals surface area (Å²) in [5.41, 5.74) is 0.697. The number of halogens is 4. The quantitative estimate of drug-likeness (QED) is 0.772. The molecular weight excluding hydrogens is 366 g/mol. The van der Waals surface area contributed by atoms with Gasteiger partial charge in [0.1, 0.15) is 9.34 Å². The number of anilines is 1. The zero-order chi connectivity index (χ0) is 12.4. The average molecular weight is 373 g/mol. The van der Waals surface area contributed by atoms with Crippen LogP contribution in [0.5, 0.6) is 0 Å². The average Bonchev–Trinajstić information content (AvgIpc) is 2.62. The van der Waals surface area contributed by atoms with E-state index in [0.717, 1.165) is 9.48 Å². The van der Waals surface area contributed by atoms with Gasteiger partial charge in [-0.15, -0.1) is 11.3 Å². The molecule has 2 nitrogen and oxygen atoms in total. The lowest BCUT2D eigenvalue weighted by Crippen LogP contribution is -2.00. The number of hydrogen-bond donors (Lipinski definition) is 1. The van der Waals surface area contributed by atoms with Crippen LogP contribution >= 0.6 is 62.1 Å². The molecule has 0 aliphatic heterocycles. The molecule has 2 aromatic rings. The molecule has 0 spiro atoms. The molecule has 17 heavy (non-hydrogen) atoms. The van der Waals surface area contributed by atoms with Gasteiger partial charge >= 0.3 is 0 Å². The summed E-state index contributed by atoms with van der Waals surface area (Å²) in [5.74, 6) is 0. The summed E-state index contributed by atoms with van der Waals surface area (Å²) in [6.45, 7) is 0.540. The Morgan fingerprint density at radius 3 is 2.41 bits per heavy atom. The van der Waals surface area contributed by atoms with Gasteiger partial charge in [-0.05, 0) is 12.1 Å². The Labute approximate surface area is 126 Å². The first-order valence-corrected chi connectivity index (χ1v) is 7.29. The molecule has 0 radical (unpaired) electrons. The zero-order valence-corrected chi connectivity index (χ0v) is 13.0. The highest BCUT2D eigenvalue weighted by Crippen LogP contribution is 2.34. The van der Waals surface area contributed by atoms with Crippen LogP contribution in [0, 0.1) is 0 Å². The molecule has 0 aliphatic rings. The number of hydrogen-bond acceptors (Lipinski definition) is 3. The van der Waals surface area contributed by atoms with Crippen LogP contribution in [0.25, 0.3) is 0 Å². The van der Waals surface area contributed by atoms with Crippen molar-refractivity contribution in [2.24, 2.45) is 0 Å². The van der Waals surface area contributed by atoms with Crippen LogP contribution in [0.1, 0.15) is 5.01 Å². The minimum atomic E-state index is 0.540. The summed E-state index contributed by atoms with van der Waals surface area (Å²) in [5, 5.41) is 5.15. The molecule has 90 valence electrons. The summed E-state index contributed by atoms with van der Waals surface area (Å²) in [7, 11) is 0. The Morgan fingerprint density at radius 2 is 1.88 bits per heavy atom. The minimum Gasteiger partial charge on any atom is -0.376 e. The summed E-state index contributed by atoms with van der Waals surface area (Å²) >= 11 is 22.7. The number of nitrogens with zero attached hydrogens (tertiary/aromatic N) is 1. The van der Waals surface area contributed by atoms with E-state index in [2.05, 4.69) is 26.2 Å². The molecule has 2 rings (SSSR count). The van der Waals surface area contributed by atoms with E-state index in [0.29, 0.717) is 26.6 Å². The lowest BCUT2D eigenvalue weighted by Gasteiger charge is -2.09. The van der Waals surface area contributed by atoms with Gasteiger partial charge in [-0.25, -0.2) is 4.98 Å². The maximum absolute atomic E-state index is 6.09. The molecule has 1 N–H and O–H groups in total. The van der Waals surface area contributed by atoms with Crippen LogP contribution < -0.4 is 5.32 Å². The fourth-order valence-electron chi connectivity index (χ4n) is 1.24. The predicted octanol–water partition coefficient (Wildman–Crippen LogP) is 5.48. The maximum atomic E-state index is 6.09. The van der Waals surface area contributed by atoms with E-state index in [4.69, 9.17) is 34.8 Å². The first-order valence-electron chi connectivity index (χ1n) is 4.55. The van der Waals surface area contributed by atoms with E-state index in [9.17, 15) is 0 Å². The molecule has 1 heterocycles. The topological polar surface area (TPSA) is 24.9 Å². The van der Waals surface area contributed by atoms with Crippen molar-refractivity contribution in [2.45, 2.75) is 6.54 Å². The number of aromatic nitrogens is 1. The smallest absolute Gasteiger partial charge is 0.113 e. The van der Waals surface area contributed by atoms with E-state index < -0.39 is 0 Å². The van der Waals surface area contributed by atoms with Gasteiger partial charge in [0.05, 0.1) is 28.5 Å². The van der Waals surface area contributed by atoms with Crippen molar-refractivity contribution in [1.29, 1.82) is 0 Å². The van der Waals surface area contributed by atoms with E-state index in [-0.39, 0.29) is 0 Å². The van der Waals surface area contributed by atoms with Crippen LogP contribution in [0.3, 0.4) is 0 Å². The second-order valence-electron chi connectivity index (χ2n) is 3.16. The Kier molecular flexibility index (Phi) is 4.55. The fourth-order valence-corrected chi connectivity index (χ4v) is 3.48. The van der Waals surface area contributed by atoms with Crippen molar-refractivity contribution in [2.75, 3.05) is 5.32 Å². The molecule has 1 aromatic carbocycles. The molecule has 1 aromatic heterocycles. The van der Waals surface area contributed by atoms with Gasteiger partial charge < -0.3 is 5.32 Å². The highest BCUT2D eigenvalue weighted by Gasteiger charge is 2.08. The highest BCUT2D eigenvalue weighted by molar-refractivity contribution is 9.10. The van der Waals surface area contributed by atoms with Gasteiger partial charge in [-0.3, -0.25) is 0 Å². The summed E-state index contributed by atoms with van der Waals surface area (Å²) in [4.78, 5) is 4.14. The molecule has 0 unspecified atom stereocenters. The first-order chi connectivity index (χ1) is 8.06. The lowest BCUT2D eigenvalue weighted by molar-refractivity contribution is 1.10. The summed E-state index contributed by atoms with van der Waals surface area (Å²) in [6, 6.07) is 3.56. The number of thiazole rings is 1. The Hall–Kier alpha value is -0.000000000000000139. The molecule has 0 saturated heterocycles.